The van der Waals surface area contributed by atoms with Gasteiger partial charge in [0.15, 0.2) is 0 Å². The fourth-order valence-corrected chi connectivity index (χ4v) is 2.88. The van der Waals surface area contributed by atoms with Crippen LogP contribution in [0.1, 0.15) is 39.2 Å². The maximum Gasteiger partial charge on any atom is 0.225 e. The molecular formula is C18H27N3O3. The lowest BCUT2D eigenvalue weighted by Gasteiger charge is -2.32. The third-order valence-electron chi connectivity index (χ3n) is 4.26. The van der Waals surface area contributed by atoms with E-state index in [0.717, 1.165) is 18.4 Å². The highest BCUT2D eigenvalue weighted by atomic mass is 16.5. The molecule has 2 rings (SSSR count). The Bertz CT molecular complexity index is 566. The Morgan fingerprint density at radius 1 is 1.38 bits per heavy atom. The van der Waals surface area contributed by atoms with Crippen LogP contribution in [0.5, 0.6) is 5.88 Å². The maximum atomic E-state index is 12.4. The minimum Gasteiger partial charge on any atom is -0.478 e. The molecule has 1 aliphatic heterocycles. The number of amides is 2. The van der Waals surface area contributed by atoms with Crippen molar-refractivity contribution in [2.75, 3.05) is 19.7 Å². The quantitative estimate of drug-likeness (QED) is 0.864. The molecule has 0 bridgehead atoms. The molecule has 0 saturated carbocycles. The molecule has 132 valence electrons. The molecule has 1 aromatic rings. The van der Waals surface area contributed by atoms with E-state index in [2.05, 4.69) is 10.3 Å². The summed E-state index contributed by atoms with van der Waals surface area (Å²) in [6.07, 6.45) is 3.11. The Hall–Kier alpha value is -2.11. The first-order chi connectivity index (χ1) is 11.5. The van der Waals surface area contributed by atoms with Crippen LogP contribution in [0.25, 0.3) is 0 Å². The molecule has 1 aromatic heterocycles. The van der Waals surface area contributed by atoms with Crippen molar-refractivity contribution in [1.29, 1.82) is 0 Å². The Morgan fingerprint density at radius 3 is 2.71 bits per heavy atom. The van der Waals surface area contributed by atoms with Crippen LogP contribution < -0.4 is 10.1 Å². The molecule has 1 aliphatic rings. The summed E-state index contributed by atoms with van der Waals surface area (Å²) >= 11 is 0. The first-order valence-corrected chi connectivity index (χ1v) is 8.66. The SMILES string of the molecule is CCOc1ncccc1CNC(=O)C1CCN(C(=O)C(C)C)CC1. The van der Waals surface area contributed by atoms with Gasteiger partial charge in [0.1, 0.15) is 0 Å². The van der Waals surface area contributed by atoms with E-state index in [0.29, 0.717) is 32.1 Å². The zero-order valence-corrected chi connectivity index (χ0v) is 14.7. The maximum absolute atomic E-state index is 12.4. The van der Waals surface area contributed by atoms with Crippen molar-refractivity contribution in [1.82, 2.24) is 15.2 Å². The number of carbonyl (C=O) groups excluding carboxylic acids is 2. The van der Waals surface area contributed by atoms with Gasteiger partial charge in [-0.3, -0.25) is 9.59 Å². The molecule has 6 heteroatoms. The van der Waals surface area contributed by atoms with Crippen LogP contribution in [0.4, 0.5) is 0 Å². The number of nitrogens with one attached hydrogen (secondary N) is 1. The fraction of sp³-hybridized carbons (Fsp3) is 0.611. The number of hydrogen-bond donors (Lipinski definition) is 1. The van der Waals surface area contributed by atoms with Crippen molar-refractivity contribution in [2.24, 2.45) is 11.8 Å². The van der Waals surface area contributed by atoms with E-state index in [-0.39, 0.29) is 23.7 Å². The Kier molecular flexibility index (Phi) is 6.58. The lowest BCUT2D eigenvalue weighted by atomic mass is 9.95. The van der Waals surface area contributed by atoms with E-state index in [1.165, 1.54) is 0 Å². The van der Waals surface area contributed by atoms with Gasteiger partial charge in [0, 0.05) is 43.2 Å². The van der Waals surface area contributed by atoms with E-state index in [4.69, 9.17) is 4.74 Å². The van der Waals surface area contributed by atoms with Crippen molar-refractivity contribution in [3.05, 3.63) is 23.9 Å². The van der Waals surface area contributed by atoms with E-state index < -0.39 is 0 Å². The van der Waals surface area contributed by atoms with Gasteiger partial charge >= 0.3 is 0 Å². The molecule has 0 radical (unpaired) electrons. The van der Waals surface area contributed by atoms with Crippen LogP contribution in [0.2, 0.25) is 0 Å². The van der Waals surface area contributed by atoms with Gasteiger partial charge in [0.25, 0.3) is 0 Å². The molecule has 0 unspecified atom stereocenters. The van der Waals surface area contributed by atoms with Crippen molar-refractivity contribution in [2.45, 2.75) is 40.2 Å². The molecule has 2 amide bonds. The molecule has 0 aliphatic carbocycles. The van der Waals surface area contributed by atoms with Crippen molar-refractivity contribution >= 4 is 11.8 Å². The van der Waals surface area contributed by atoms with Crippen LogP contribution in [0.3, 0.4) is 0 Å². The largest absolute Gasteiger partial charge is 0.478 e. The first-order valence-electron chi connectivity index (χ1n) is 8.66. The number of hydrogen-bond acceptors (Lipinski definition) is 4. The van der Waals surface area contributed by atoms with Crippen molar-refractivity contribution in [3.63, 3.8) is 0 Å². The second-order valence-electron chi connectivity index (χ2n) is 6.37. The molecule has 6 nitrogen and oxygen atoms in total. The number of nitrogens with zero attached hydrogens (tertiary/aromatic N) is 2. The van der Waals surface area contributed by atoms with Gasteiger partial charge in [-0.1, -0.05) is 19.9 Å². The Balaban J connectivity index is 1.83. The summed E-state index contributed by atoms with van der Waals surface area (Å²) in [5.74, 6) is 0.757. The van der Waals surface area contributed by atoms with E-state index in [1.807, 2.05) is 37.8 Å². The van der Waals surface area contributed by atoms with Crippen LogP contribution in [-0.2, 0) is 16.1 Å². The topological polar surface area (TPSA) is 71.5 Å². The summed E-state index contributed by atoms with van der Waals surface area (Å²) in [6.45, 7) is 7.99. The summed E-state index contributed by atoms with van der Waals surface area (Å²) in [4.78, 5) is 30.4. The number of rotatable bonds is 6. The zero-order valence-electron chi connectivity index (χ0n) is 14.7. The molecule has 1 fully saturated rings. The molecule has 0 atom stereocenters. The first kappa shape index (κ1) is 18.2. The van der Waals surface area contributed by atoms with Gasteiger partial charge in [-0.25, -0.2) is 4.98 Å². The average Bonchev–Trinajstić information content (AvgIpc) is 2.60. The highest BCUT2D eigenvalue weighted by Gasteiger charge is 2.28. The second kappa shape index (κ2) is 8.66. The average molecular weight is 333 g/mol. The molecule has 1 saturated heterocycles. The number of ether oxygens (including phenoxy) is 1. The summed E-state index contributed by atoms with van der Waals surface area (Å²) < 4.78 is 5.47. The zero-order chi connectivity index (χ0) is 17.5. The highest BCUT2D eigenvalue weighted by molar-refractivity contribution is 5.80. The number of carbonyl (C=O) groups is 2. The Morgan fingerprint density at radius 2 is 2.08 bits per heavy atom. The lowest BCUT2D eigenvalue weighted by Crippen LogP contribution is -2.44. The van der Waals surface area contributed by atoms with Gasteiger partial charge in [-0.05, 0) is 25.8 Å². The van der Waals surface area contributed by atoms with Gasteiger partial charge < -0.3 is 15.0 Å². The van der Waals surface area contributed by atoms with Gasteiger partial charge in [-0.15, -0.1) is 0 Å². The van der Waals surface area contributed by atoms with E-state index >= 15 is 0 Å². The summed E-state index contributed by atoms with van der Waals surface area (Å²) in [5, 5.41) is 2.97. The van der Waals surface area contributed by atoms with Gasteiger partial charge in [0.2, 0.25) is 17.7 Å². The van der Waals surface area contributed by atoms with E-state index in [9.17, 15) is 9.59 Å². The minimum absolute atomic E-state index is 0.0120. The summed E-state index contributed by atoms with van der Waals surface area (Å²) in [5.41, 5.74) is 0.875. The van der Waals surface area contributed by atoms with Crippen LogP contribution in [0.15, 0.2) is 18.3 Å². The van der Waals surface area contributed by atoms with Gasteiger partial charge in [-0.2, -0.15) is 0 Å². The number of likely N-dealkylation sites (tertiary alicyclic amines) is 1. The molecule has 0 spiro atoms. The standard InChI is InChI=1S/C18H27N3O3/c1-4-24-17-15(6-5-9-19-17)12-20-16(22)14-7-10-21(11-8-14)18(23)13(2)3/h5-6,9,13-14H,4,7-8,10-12H2,1-3H3,(H,20,22). The van der Waals surface area contributed by atoms with Gasteiger partial charge in [0.05, 0.1) is 6.61 Å². The minimum atomic E-state index is -0.0339. The molecule has 1 N–H and O–H groups in total. The smallest absolute Gasteiger partial charge is 0.225 e. The van der Waals surface area contributed by atoms with Crippen molar-refractivity contribution in [3.8, 4) is 5.88 Å². The van der Waals surface area contributed by atoms with Crippen molar-refractivity contribution < 1.29 is 14.3 Å². The third kappa shape index (κ3) is 4.69. The number of aromatic nitrogens is 1. The van der Waals surface area contributed by atoms with Crippen LogP contribution >= 0.6 is 0 Å². The summed E-state index contributed by atoms with van der Waals surface area (Å²) in [6, 6.07) is 3.74. The highest BCUT2D eigenvalue weighted by Crippen LogP contribution is 2.20. The predicted molar refractivity (Wildman–Crippen MR) is 91.4 cm³/mol. The molecule has 2 heterocycles. The fourth-order valence-electron chi connectivity index (χ4n) is 2.88. The molecule has 24 heavy (non-hydrogen) atoms. The molecule has 0 aromatic carbocycles. The summed E-state index contributed by atoms with van der Waals surface area (Å²) in [7, 11) is 0. The number of pyridine rings is 1. The van der Waals surface area contributed by atoms with Crippen LogP contribution in [-0.4, -0.2) is 41.4 Å². The third-order valence-corrected chi connectivity index (χ3v) is 4.26. The monoisotopic (exact) mass is 333 g/mol. The lowest BCUT2D eigenvalue weighted by molar-refractivity contribution is -0.138. The second-order valence-corrected chi connectivity index (χ2v) is 6.37. The number of piperidine rings is 1. The predicted octanol–water partition coefficient (Wildman–Crippen LogP) is 1.99. The Labute approximate surface area is 143 Å². The normalized spacial score (nSPS) is 15.4. The van der Waals surface area contributed by atoms with E-state index in [1.54, 1.807) is 6.20 Å². The van der Waals surface area contributed by atoms with Crippen LogP contribution in [0, 0.1) is 11.8 Å². The molecular weight excluding hydrogens is 306 g/mol.